The van der Waals surface area contributed by atoms with E-state index in [-0.39, 0.29) is 11.7 Å². The monoisotopic (exact) mass is 249 g/mol. The highest BCUT2D eigenvalue weighted by molar-refractivity contribution is 6.00. The summed E-state index contributed by atoms with van der Waals surface area (Å²) in [5.41, 5.74) is 5.43. The third-order valence-corrected chi connectivity index (χ3v) is 3.19. The number of carbonyl (C=O) groups excluding carboxylic acids is 1. The van der Waals surface area contributed by atoms with Crippen molar-refractivity contribution in [1.82, 2.24) is 5.32 Å². The summed E-state index contributed by atoms with van der Waals surface area (Å²) in [4.78, 5) is 12.1. The molecule has 0 unspecified atom stereocenters. The number of hydrogen-bond donors (Lipinski definition) is 3. The van der Waals surface area contributed by atoms with Crippen LogP contribution in [0.5, 0.6) is 0 Å². The Bertz CT molecular complexity index is 425. The lowest BCUT2D eigenvalue weighted by Gasteiger charge is -2.31. The summed E-state index contributed by atoms with van der Waals surface area (Å²) in [7, 11) is 0. The van der Waals surface area contributed by atoms with Crippen molar-refractivity contribution < 1.29 is 10.0 Å². The van der Waals surface area contributed by atoms with E-state index in [4.69, 9.17) is 10.9 Å². The van der Waals surface area contributed by atoms with Gasteiger partial charge in [0.1, 0.15) is 5.54 Å². The SMILES string of the molecule is CCC(CC)(NC(=O)c1ccccc1)/C(N)=N/O. The third kappa shape index (κ3) is 2.80. The number of nitrogens with one attached hydrogen (secondary N) is 1. The Labute approximate surface area is 107 Å². The predicted molar refractivity (Wildman–Crippen MR) is 70.6 cm³/mol. The summed E-state index contributed by atoms with van der Waals surface area (Å²) in [6.45, 7) is 3.76. The zero-order valence-electron chi connectivity index (χ0n) is 10.7. The highest BCUT2D eigenvalue weighted by Crippen LogP contribution is 2.16. The number of amidine groups is 1. The second-order valence-electron chi connectivity index (χ2n) is 4.09. The van der Waals surface area contributed by atoms with Gasteiger partial charge in [0, 0.05) is 5.56 Å². The van der Waals surface area contributed by atoms with Gasteiger partial charge in [-0.15, -0.1) is 0 Å². The van der Waals surface area contributed by atoms with E-state index in [1.807, 2.05) is 19.9 Å². The second kappa shape index (κ2) is 6.05. The van der Waals surface area contributed by atoms with E-state index in [0.717, 1.165) is 0 Å². The van der Waals surface area contributed by atoms with Gasteiger partial charge in [-0.1, -0.05) is 37.2 Å². The van der Waals surface area contributed by atoms with Crippen molar-refractivity contribution in [3.63, 3.8) is 0 Å². The van der Waals surface area contributed by atoms with E-state index in [2.05, 4.69) is 10.5 Å². The van der Waals surface area contributed by atoms with Gasteiger partial charge in [-0.2, -0.15) is 0 Å². The van der Waals surface area contributed by atoms with Crippen LogP contribution in [0.15, 0.2) is 35.5 Å². The second-order valence-corrected chi connectivity index (χ2v) is 4.09. The summed E-state index contributed by atoms with van der Waals surface area (Å²) in [5.74, 6) is -0.206. The van der Waals surface area contributed by atoms with Crippen molar-refractivity contribution in [2.45, 2.75) is 32.2 Å². The van der Waals surface area contributed by atoms with E-state index in [0.29, 0.717) is 18.4 Å². The van der Waals surface area contributed by atoms with Crippen LogP contribution in [0, 0.1) is 0 Å². The van der Waals surface area contributed by atoms with Gasteiger partial charge in [-0.05, 0) is 25.0 Å². The van der Waals surface area contributed by atoms with E-state index < -0.39 is 5.54 Å². The van der Waals surface area contributed by atoms with Crippen molar-refractivity contribution in [3.05, 3.63) is 35.9 Å². The average molecular weight is 249 g/mol. The van der Waals surface area contributed by atoms with Crippen LogP contribution < -0.4 is 11.1 Å². The van der Waals surface area contributed by atoms with Crippen molar-refractivity contribution in [1.29, 1.82) is 0 Å². The molecule has 0 aliphatic rings. The van der Waals surface area contributed by atoms with Crippen LogP contribution in [0.3, 0.4) is 0 Å². The number of amides is 1. The number of nitrogens with zero attached hydrogens (tertiary/aromatic N) is 1. The van der Waals surface area contributed by atoms with Crippen LogP contribution in [-0.4, -0.2) is 22.5 Å². The van der Waals surface area contributed by atoms with Crippen LogP contribution in [0.2, 0.25) is 0 Å². The largest absolute Gasteiger partial charge is 0.409 e. The zero-order chi connectivity index (χ0) is 13.6. The van der Waals surface area contributed by atoms with E-state index >= 15 is 0 Å². The minimum Gasteiger partial charge on any atom is -0.409 e. The first-order valence-corrected chi connectivity index (χ1v) is 5.95. The zero-order valence-corrected chi connectivity index (χ0v) is 10.7. The number of hydrogen-bond acceptors (Lipinski definition) is 3. The van der Waals surface area contributed by atoms with Gasteiger partial charge in [-0.3, -0.25) is 4.79 Å². The molecule has 0 atom stereocenters. The van der Waals surface area contributed by atoms with Crippen molar-refractivity contribution in [2.75, 3.05) is 0 Å². The Hall–Kier alpha value is -2.04. The predicted octanol–water partition coefficient (Wildman–Crippen LogP) is 1.72. The highest BCUT2D eigenvalue weighted by atomic mass is 16.4. The lowest BCUT2D eigenvalue weighted by molar-refractivity contribution is 0.0918. The molecule has 0 spiro atoms. The fraction of sp³-hybridized carbons (Fsp3) is 0.385. The van der Waals surface area contributed by atoms with Crippen LogP contribution in [0.1, 0.15) is 37.0 Å². The Morgan fingerprint density at radius 1 is 1.33 bits per heavy atom. The average Bonchev–Trinajstić information content (AvgIpc) is 2.44. The smallest absolute Gasteiger partial charge is 0.252 e. The first-order chi connectivity index (χ1) is 8.59. The van der Waals surface area contributed by atoms with E-state index in [1.54, 1.807) is 24.3 Å². The summed E-state index contributed by atoms with van der Waals surface area (Å²) in [6, 6.07) is 8.86. The number of carbonyl (C=O) groups is 1. The quantitative estimate of drug-likeness (QED) is 0.321. The maximum atomic E-state index is 12.1. The Balaban J connectivity index is 2.95. The molecule has 0 heterocycles. The van der Waals surface area contributed by atoms with E-state index in [1.165, 1.54) is 0 Å². The molecule has 0 aliphatic carbocycles. The standard InChI is InChI=1S/C13H19N3O2/c1-3-13(4-2,12(14)16-18)15-11(17)10-8-6-5-7-9-10/h5-9,18H,3-4H2,1-2H3,(H2,14,16)(H,15,17). The molecule has 1 rings (SSSR count). The van der Waals surface area contributed by atoms with Gasteiger partial charge >= 0.3 is 0 Å². The molecule has 0 fully saturated rings. The molecule has 1 amide bonds. The van der Waals surface area contributed by atoms with Gasteiger partial charge in [0.25, 0.3) is 5.91 Å². The molecule has 0 saturated carbocycles. The summed E-state index contributed by atoms with van der Waals surface area (Å²) in [6.07, 6.45) is 1.11. The first kappa shape index (κ1) is 14.0. The molecule has 4 N–H and O–H groups in total. The van der Waals surface area contributed by atoms with Gasteiger partial charge < -0.3 is 16.3 Å². The maximum absolute atomic E-state index is 12.1. The lowest BCUT2D eigenvalue weighted by atomic mass is 9.91. The van der Waals surface area contributed by atoms with Crippen molar-refractivity contribution >= 4 is 11.7 Å². The van der Waals surface area contributed by atoms with Crippen LogP contribution in [0.4, 0.5) is 0 Å². The maximum Gasteiger partial charge on any atom is 0.252 e. The summed E-state index contributed by atoms with van der Waals surface area (Å²) < 4.78 is 0. The highest BCUT2D eigenvalue weighted by Gasteiger charge is 2.33. The molecule has 0 radical (unpaired) electrons. The van der Waals surface area contributed by atoms with Gasteiger partial charge in [0.2, 0.25) is 0 Å². The molecule has 0 aromatic heterocycles. The molecule has 18 heavy (non-hydrogen) atoms. The normalized spacial score (nSPS) is 12.2. The Kier molecular flexibility index (Phi) is 4.71. The van der Waals surface area contributed by atoms with Crippen molar-refractivity contribution in [3.8, 4) is 0 Å². The molecular formula is C13H19N3O2. The topological polar surface area (TPSA) is 87.7 Å². The molecule has 1 aromatic carbocycles. The first-order valence-electron chi connectivity index (χ1n) is 5.95. The molecule has 98 valence electrons. The van der Waals surface area contributed by atoms with Gasteiger partial charge in [0.15, 0.2) is 5.84 Å². The third-order valence-electron chi connectivity index (χ3n) is 3.19. The number of benzene rings is 1. The Morgan fingerprint density at radius 2 is 1.89 bits per heavy atom. The fourth-order valence-corrected chi connectivity index (χ4v) is 1.83. The van der Waals surface area contributed by atoms with Gasteiger partial charge in [-0.25, -0.2) is 0 Å². The number of oxime groups is 1. The summed E-state index contributed by atoms with van der Waals surface area (Å²) >= 11 is 0. The van der Waals surface area contributed by atoms with Crippen LogP contribution >= 0.6 is 0 Å². The Morgan fingerprint density at radius 3 is 2.33 bits per heavy atom. The molecule has 5 heteroatoms. The minimum absolute atomic E-state index is 0.0248. The summed E-state index contributed by atoms with van der Waals surface area (Å²) in [5, 5.41) is 14.7. The van der Waals surface area contributed by atoms with Crippen LogP contribution in [0.25, 0.3) is 0 Å². The van der Waals surface area contributed by atoms with Crippen molar-refractivity contribution in [2.24, 2.45) is 10.9 Å². The van der Waals surface area contributed by atoms with E-state index in [9.17, 15) is 4.79 Å². The fourth-order valence-electron chi connectivity index (χ4n) is 1.83. The van der Waals surface area contributed by atoms with Gasteiger partial charge in [0.05, 0.1) is 0 Å². The van der Waals surface area contributed by atoms with Crippen LogP contribution in [-0.2, 0) is 0 Å². The molecule has 0 bridgehead atoms. The molecular weight excluding hydrogens is 230 g/mol. The molecule has 0 saturated heterocycles. The molecule has 0 aliphatic heterocycles. The number of rotatable bonds is 5. The number of nitrogens with two attached hydrogens (primary N) is 1. The lowest BCUT2D eigenvalue weighted by Crippen LogP contribution is -2.56. The molecule has 5 nitrogen and oxygen atoms in total. The molecule has 1 aromatic rings. The minimum atomic E-state index is -0.804.